The highest BCUT2D eigenvalue weighted by Gasteiger charge is 2.20. The SMILES string of the molecule is COC(=O)CC(O)CC(O)/C=C/c1c(Cl)cc(Cl)cc1C1CCCCCC1. The monoisotopic (exact) mass is 414 g/mol. The van der Waals surface area contributed by atoms with Gasteiger partial charge >= 0.3 is 5.97 Å². The average Bonchev–Trinajstić information content (AvgIpc) is 2.89. The molecule has 1 aromatic carbocycles. The van der Waals surface area contributed by atoms with Crippen LogP contribution in [0.15, 0.2) is 18.2 Å². The lowest BCUT2D eigenvalue weighted by atomic mass is 9.88. The van der Waals surface area contributed by atoms with Crippen LogP contribution in [0.5, 0.6) is 0 Å². The third-order valence-corrected chi connectivity index (χ3v) is 5.58. The summed E-state index contributed by atoms with van der Waals surface area (Å²) in [4.78, 5) is 11.2. The van der Waals surface area contributed by atoms with E-state index in [1.807, 2.05) is 6.07 Å². The van der Waals surface area contributed by atoms with Gasteiger partial charge in [0, 0.05) is 16.5 Å². The zero-order valence-corrected chi connectivity index (χ0v) is 17.2. The third-order valence-electron chi connectivity index (χ3n) is 5.05. The maximum absolute atomic E-state index is 11.2. The number of carbonyl (C=O) groups excluding carboxylic acids is 1. The van der Waals surface area contributed by atoms with Gasteiger partial charge in [0.25, 0.3) is 0 Å². The van der Waals surface area contributed by atoms with Gasteiger partial charge in [0.1, 0.15) is 0 Å². The normalized spacial score (nSPS) is 18.3. The zero-order chi connectivity index (χ0) is 19.8. The predicted octanol–water partition coefficient (Wildman–Crippen LogP) is 5.12. The average molecular weight is 415 g/mol. The molecule has 0 aromatic heterocycles. The number of ether oxygens (including phenoxy) is 1. The Labute approximate surface area is 171 Å². The van der Waals surface area contributed by atoms with Crippen LogP contribution >= 0.6 is 23.2 Å². The quantitative estimate of drug-likeness (QED) is 0.479. The van der Waals surface area contributed by atoms with Gasteiger partial charge in [-0.25, -0.2) is 0 Å². The van der Waals surface area contributed by atoms with Gasteiger partial charge in [-0.15, -0.1) is 0 Å². The largest absolute Gasteiger partial charge is 0.469 e. The van der Waals surface area contributed by atoms with E-state index in [9.17, 15) is 15.0 Å². The molecule has 0 spiro atoms. The van der Waals surface area contributed by atoms with Crippen LogP contribution in [-0.2, 0) is 9.53 Å². The first kappa shape index (κ1) is 22.2. The molecule has 0 amide bonds. The van der Waals surface area contributed by atoms with E-state index in [4.69, 9.17) is 23.2 Å². The fraction of sp³-hybridized carbons (Fsp3) is 0.571. The fourth-order valence-electron chi connectivity index (χ4n) is 3.63. The number of rotatable bonds is 7. The fourth-order valence-corrected chi connectivity index (χ4v) is 4.20. The maximum atomic E-state index is 11.2. The highest BCUT2D eigenvalue weighted by atomic mass is 35.5. The van der Waals surface area contributed by atoms with E-state index in [0.29, 0.717) is 16.0 Å². The molecule has 2 rings (SSSR count). The predicted molar refractivity (Wildman–Crippen MR) is 109 cm³/mol. The van der Waals surface area contributed by atoms with Crippen LogP contribution in [0.25, 0.3) is 6.08 Å². The Hall–Kier alpha value is -1.07. The van der Waals surface area contributed by atoms with E-state index in [0.717, 1.165) is 24.0 Å². The lowest BCUT2D eigenvalue weighted by molar-refractivity contribution is -0.143. The summed E-state index contributed by atoms with van der Waals surface area (Å²) >= 11 is 12.7. The van der Waals surface area contributed by atoms with Gasteiger partial charge in [0.2, 0.25) is 0 Å². The first-order valence-electron chi connectivity index (χ1n) is 9.50. The number of benzene rings is 1. The van der Waals surface area contributed by atoms with Gasteiger partial charge in [0.15, 0.2) is 0 Å². The molecule has 1 aliphatic carbocycles. The molecule has 2 N–H and O–H groups in total. The van der Waals surface area contributed by atoms with Gasteiger partial charge in [-0.3, -0.25) is 4.79 Å². The molecule has 1 aliphatic rings. The lowest BCUT2D eigenvalue weighted by Gasteiger charge is -2.19. The third kappa shape index (κ3) is 7.11. The van der Waals surface area contributed by atoms with Crippen molar-refractivity contribution in [2.45, 2.75) is 69.5 Å². The Morgan fingerprint density at radius 2 is 1.89 bits per heavy atom. The van der Waals surface area contributed by atoms with Crippen LogP contribution in [0.4, 0.5) is 0 Å². The smallest absolute Gasteiger partial charge is 0.308 e. The second-order valence-electron chi connectivity index (χ2n) is 7.18. The van der Waals surface area contributed by atoms with Gasteiger partial charge in [-0.1, -0.05) is 61.0 Å². The molecule has 0 heterocycles. The standard InChI is InChI=1S/C21H28Cl2O4/c1-27-21(26)13-17(25)12-16(24)8-9-18-19(10-15(22)11-20(18)23)14-6-4-2-3-5-7-14/h8-11,14,16-17,24-25H,2-7,12-13H2,1H3/b9-8+. The number of methoxy groups -OCH3 is 1. The Bertz CT molecular complexity index is 652. The van der Waals surface area contributed by atoms with Crippen molar-refractivity contribution in [3.8, 4) is 0 Å². The Morgan fingerprint density at radius 3 is 2.52 bits per heavy atom. The van der Waals surface area contributed by atoms with Gasteiger partial charge in [-0.2, -0.15) is 0 Å². The summed E-state index contributed by atoms with van der Waals surface area (Å²) in [5.41, 5.74) is 1.99. The molecule has 1 aromatic rings. The molecular weight excluding hydrogens is 387 g/mol. The number of hydrogen-bond donors (Lipinski definition) is 2. The van der Waals surface area contributed by atoms with Gasteiger partial charge in [-0.05, 0) is 42.0 Å². The molecular formula is C21H28Cl2O4. The molecule has 27 heavy (non-hydrogen) atoms. The summed E-state index contributed by atoms with van der Waals surface area (Å²) in [6, 6.07) is 3.68. The van der Waals surface area contributed by atoms with Crippen LogP contribution in [0.3, 0.4) is 0 Å². The van der Waals surface area contributed by atoms with E-state index < -0.39 is 18.2 Å². The van der Waals surface area contributed by atoms with Crippen LogP contribution in [0.2, 0.25) is 10.0 Å². The number of aliphatic hydroxyl groups is 2. The summed E-state index contributed by atoms with van der Waals surface area (Å²) in [6.07, 6.45) is 8.59. The van der Waals surface area contributed by atoms with Crippen LogP contribution in [0, 0.1) is 0 Å². The summed E-state index contributed by atoms with van der Waals surface area (Å²) in [5.74, 6) is -0.0968. The van der Waals surface area contributed by atoms with Crippen molar-refractivity contribution in [2.24, 2.45) is 0 Å². The van der Waals surface area contributed by atoms with Gasteiger partial charge < -0.3 is 14.9 Å². The summed E-state index contributed by atoms with van der Waals surface area (Å²) in [6.45, 7) is 0. The number of carbonyl (C=O) groups is 1. The molecule has 4 nitrogen and oxygen atoms in total. The molecule has 2 atom stereocenters. The first-order valence-corrected chi connectivity index (χ1v) is 10.3. The van der Waals surface area contributed by atoms with E-state index in [1.54, 1.807) is 18.2 Å². The van der Waals surface area contributed by atoms with E-state index in [-0.39, 0.29) is 12.8 Å². The first-order chi connectivity index (χ1) is 12.9. The van der Waals surface area contributed by atoms with Gasteiger partial charge in [0.05, 0.1) is 25.7 Å². The minimum Gasteiger partial charge on any atom is -0.469 e. The minimum absolute atomic E-state index is 0.0512. The molecule has 150 valence electrons. The van der Waals surface area contributed by atoms with Crippen LogP contribution < -0.4 is 0 Å². The number of hydrogen-bond acceptors (Lipinski definition) is 4. The molecule has 0 saturated heterocycles. The topological polar surface area (TPSA) is 66.8 Å². The van der Waals surface area contributed by atoms with Crippen molar-refractivity contribution in [1.29, 1.82) is 0 Å². The maximum Gasteiger partial charge on any atom is 0.308 e. The van der Waals surface area contributed by atoms with E-state index in [2.05, 4.69) is 4.74 Å². The second-order valence-corrected chi connectivity index (χ2v) is 8.02. The molecule has 0 aliphatic heterocycles. The Morgan fingerprint density at radius 1 is 1.22 bits per heavy atom. The Kier molecular flexibility index (Phi) is 9.10. The minimum atomic E-state index is -0.959. The highest BCUT2D eigenvalue weighted by Crippen LogP contribution is 2.38. The zero-order valence-electron chi connectivity index (χ0n) is 15.7. The van der Waals surface area contributed by atoms with Crippen molar-refractivity contribution in [2.75, 3.05) is 7.11 Å². The van der Waals surface area contributed by atoms with E-state index in [1.165, 1.54) is 32.8 Å². The number of esters is 1. The highest BCUT2D eigenvalue weighted by molar-refractivity contribution is 6.35. The van der Waals surface area contributed by atoms with Crippen molar-refractivity contribution in [3.05, 3.63) is 39.4 Å². The summed E-state index contributed by atoms with van der Waals surface area (Å²) in [5, 5.41) is 21.2. The molecule has 1 fully saturated rings. The number of aliphatic hydroxyl groups excluding tert-OH is 2. The molecule has 1 saturated carbocycles. The van der Waals surface area contributed by atoms with Crippen LogP contribution in [0.1, 0.15) is 68.4 Å². The lowest BCUT2D eigenvalue weighted by Crippen LogP contribution is -2.20. The van der Waals surface area contributed by atoms with E-state index >= 15 is 0 Å². The van der Waals surface area contributed by atoms with Crippen molar-refractivity contribution >= 4 is 35.2 Å². The van der Waals surface area contributed by atoms with Crippen molar-refractivity contribution in [3.63, 3.8) is 0 Å². The molecule has 2 unspecified atom stereocenters. The Balaban J connectivity index is 2.14. The second kappa shape index (κ2) is 11.1. The number of halogens is 2. The van der Waals surface area contributed by atoms with Crippen molar-refractivity contribution in [1.82, 2.24) is 0 Å². The molecule has 0 radical (unpaired) electrons. The van der Waals surface area contributed by atoms with Crippen LogP contribution in [-0.4, -0.2) is 35.5 Å². The molecule has 0 bridgehead atoms. The summed E-state index contributed by atoms with van der Waals surface area (Å²) < 4.78 is 4.52. The van der Waals surface area contributed by atoms with Crippen molar-refractivity contribution < 1.29 is 19.7 Å². The summed E-state index contributed by atoms with van der Waals surface area (Å²) in [7, 11) is 1.27. The molecule has 6 heteroatoms.